The first-order chi connectivity index (χ1) is 8.63. The van der Waals surface area contributed by atoms with Crippen LogP contribution in [0.4, 0.5) is 4.39 Å². The van der Waals surface area contributed by atoms with E-state index in [1.165, 1.54) is 6.07 Å². The van der Waals surface area contributed by atoms with Crippen molar-refractivity contribution >= 4 is 15.9 Å². The molecule has 0 saturated carbocycles. The van der Waals surface area contributed by atoms with Gasteiger partial charge in [-0.25, -0.2) is 4.39 Å². The molecule has 2 atom stereocenters. The topological polar surface area (TPSA) is 23.5 Å². The van der Waals surface area contributed by atoms with Crippen LogP contribution in [0, 0.1) is 5.82 Å². The zero-order valence-corrected chi connectivity index (χ0v) is 11.7. The second kappa shape index (κ2) is 4.91. The monoisotopic (exact) mass is 313 g/mol. The lowest BCUT2D eigenvalue weighted by Crippen LogP contribution is -2.44. The Morgan fingerprint density at radius 3 is 2.61 bits per heavy atom. The number of hydrogen-bond donors (Lipinski definition) is 1. The summed E-state index contributed by atoms with van der Waals surface area (Å²) >= 11 is 3.49. The highest BCUT2D eigenvalue weighted by Gasteiger charge is 2.40. The van der Waals surface area contributed by atoms with Crippen molar-refractivity contribution in [3.8, 4) is 0 Å². The third-order valence-corrected chi connectivity index (χ3v) is 4.99. The highest BCUT2D eigenvalue weighted by molar-refractivity contribution is 9.10. The Labute approximate surface area is 115 Å². The zero-order valence-electron chi connectivity index (χ0n) is 10.1. The molecule has 2 heterocycles. The van der Waals surface area contributed by atoms with Gasteiger partial charge in [0.15, 0.2) is 0 Å². The van der Waals surface area contributed by atoms with Crippen molar-refractivity contribution in [2.75, 3.05) is 0 Å². The smallest absolute Gasteiger partial charge is 0.123 e. The van der Waals surface area contributed by atoms with Crippen LogP contribution in [-0.4, -0.2) is 28.2 Å². The van der Waals surface area contributed by atoms with E-state index in [1.807, 2.05) is 0 Å². The Kier molecular flexibility index (Phi) is 3.43. The third-order valence-electron chi connectivity index (χ3n) is 4.22. The summed E-state index contributed by atoms with van der Waals surface area (Å²) < 4.78 is 14.3. The van der Waals surface area contributed by atoms with E-state index in [9.17, 15) is 9.50 Å². The predicted octanol–water partition coefficient (Wildman–Crippen LogP) is 3.08. The normalized spacial score (nSPS) is 31.8. The number of aliphatic hydroxyl groups is 1. The summed E-state index contributed by atoms with van der Waals surface area (Å²) in [5, 5.41) is 9.78. The maximum atomic E-state index is 13.3. The van der Waals surface area contributed by atoms with Gasteiger partial charge in [0.2, 0.25) is 0 Å². The van der Waals surface area contributed by atoms with Crippen LogP contribution in [-0.2, 0) is 6.54 Å². The van der Waals surface area contributed by atoms with E-state index in [0.29, 0.717) is 12.1 Å². The van der Waals surface area contributed by atoms with Crippen molar-refractivity contribution in [1.29, 1.82) is 0 Å². The number of rotatable bonds is 2. The molecule has 2 unspecified atom stereocenters. The van der Waals surface area contributed by atoms with E-state index in [4.69, 9.17) is 0 Å². The first kappa shape index (κ1) is 12.6. The Morgan fingerprint density at radius 2 is 1.94 bits per heavy atom. The van der Waals surface area contributed by atoms with Crippen molar-refractivity contribution in [1.82, 2.24) is 4.90 Å². The predicted molar refractivity (Wildman–Crippen MR) is 71.7 cm³/mol. The fourth-order valence-electron chi connectivity index (χ4n) is 3.36. The van der Waals surface area contributed by atoms with Crippen LogP contribution in [0.2, 0.25) is 0 Å². The SMILES string of the molecule is OC1CC2CCC(C1)N2Cc1cc(F)ccc1Br. The quantitative estimate of drug-likeness (QED) is 0.907. The molecule has 0 radical (unpaired) electrons. The number of hydrogen-bond acceptors (Lipinski definition) is 2. The van der Waals surface area contributed by atoms with E-state index >= 15 is 0 Å². The standard InChI is InChI=1S/C14H17BrFNO/c15-14-4-1-10(16)5-9(14)8-17-11-2-3-12(17)7-13(18)6-11/h1,4-5,11-13,18H,2-3,6-8H2. The van der Waals surface area contributed by atoms with Crippen LogP contribution in [0.25, 0.3) is 0 Å². The van der Waals surface area contributed by atoms with Gasteiger partial charge in [-0.15, -0.1) is 0 Å². The number of aliphatic hydroxyl groups excluding tert-OH is 1. The van der Waals surface area contributed by atoms with E-state index < -0.39 is 0 Å². The minimum Gasteiger partial charge on any atom is -0.393 e. The summed E-state index contributed by atoms with van der Waals surface area (Å²) in [6.45, 7) is 0.778. The van der Waals surface area contributed by atoms with Crippen LogP contribution in [0.1, 0.15) is 31.2 Å². The number of fused-ring (bicyclic) bond motifs is 2. The Balaban J connectivity index is 1.79. The molecule has 1 N–H and O–H groups in total. The summed E-state index contributed by atoms with van der Waals surface area (Å²) in [7, 11) is 0. The van der Waals surface area contributed by atoms with Crippen molar-refractivity contribution in [2.45, 2.75) is 50.4 Å². The fourth-order valence-corrected chi connectivity index (χ4v) is 3.74. The lowest BCUT2D eigenvalue weighted by Gasteiger charge is -2.37. The molecule has 1 aromatic rings. The van der Waals surface area contributed by atoms with Gasteiger partial charge in [-0.05, 0) is 49.4 Å². The number of piperidine rings is 1. The fraction of sp³-hybridized carbons (Fsp3) is 0.571. The van der Waals surface area contributed by atoms with Crippen LogP contribution in [0.5, 0.6) is 0 Å². The maximum Gasteiger partial charge on any atom is 0.123 e. The second-order valence-electron chi connectivity index (χ2n) is 5.42. The van der Waals surface area contributed by atoms with Crippen LogP contribution in [0.15, 0.2) is 22.7 Å². The van der Waals surface area contributed by atoms with E-state index in [1.54, 1.807) is 12.1 Å². The molecule has 2 bridgehead atoms. The first-order valence-electron chi connectivity index (χ1n) is 6.51. The molecule has 2 nitrogen and oxygen atoms in total. The van der Waals surface area contributed by atoms with Gasteiger partial charge in [-0.1, -0.05) is 15.9 Å². The summed E-state index contributed by atoms with van der Waals surface area (Å²) in [6.07, 6.45) is 3.91. The summed E-state index contributed by atoms with van der Waals surface area (Å²) in [4.78, 5) is 2.44. The Morgan fingerprint density at radius 1 is 1.28 bits per heavy atom. The van der Waals surface area contributed by atoms with Crippen LogP contribution < -0.4 is 0 Å². The average molecular weight is 314 g/mol. The van der Waals surface area contributed by atoms with Gasteiger partial charge in [-0.2, -0.15) is 0 Å². The van der Waals surface area contributed by atoms with E-state index in [0.717, 1.165) is 42.3 Å². The molecule has 0 aromatic heterocycles. The molecule has 3 rings (SSSR count). The van der Waals surface area contributed by atoms with Gasteiger partial charge in [0.1, 0.15) is 5.82 Å². The summed E-state index contributed by atoms with van der Waals surface area (Å²) in [6, 6.07) is 5.78. The molecule has 1 aromatic carbocycles. The summed E-state index contributed by atoms with van der Waals surface area (Å²) in [5.41, 5.74) is 1.00. The second-order valence-corrected chi connectivity index (χ2v) is 6.27. The Bertz CT molecular complexity index is 439. The van der Waals surface area contributed by atoms with Gasteiger partial charge in [0.05, 0.1) is 6.10 Å². The maximum absolute atomic E-state index is 13.3. The van der Waals surface area contributed by atoms with Crippen molar-refractivity contribution in [3.05, 3.63) is 34.1 Å². The zero-order chi connectivity index (χ0) is 12.7. The third kappa shape index (κ3) is 2.33. The minimum absolute atomic E-state index is 0.144. The van der Waals surface area contributed by atoms with Crippen molar-refractivity contribution < 1.29 is 9.50 Å². The largest absolute Gasteiger partial charge is 0.393 e. The van der Waals surface area contributed by atoms with Crippen molar-refractivity contribution in [2.24, 2.45) is 0 Å². The molecule has 2 aliphatic heterocycles. The van der Waals surface area contributed by atoms with Crippen LogP contribution >= 0.6 is 15.9 Å². The van der Waals surface area contributed by atoms with Gasteiger partial charge in [-0.3, -0.25) is 4.90 Å². The molecule has 98 valence electrons. The molecular formula is C14H17BrFNO. The minimum atomic E-state index is -0.183. The molecule has 18 heavy (non-hydrogen) atoms. The molecule has 2 aliphatic rings. The number of benzene rings is 1. The van der Waals surface area contributed by atoms with Gasteiger partial charge < -0.3 is 5.11 Å². The average Bonchev–Trinajstić information content (AvgIpc) is 2.57. The number of halogens is 2. The lowest BCUT2D eigenvalue weighted by molar-refractivity contribution is 0.0309. The summed E-state index contributed by atoms with van der Waals surface area (Å²) in [5.74, 6) is -0.183. The molecule has 0 aliphatic carbocycles. The highest BCUT2D eigenvalue weighted by Crippen LogP contribution is 2.37. The van der Waals surface area contributed by atoms with Gasteiger partial charge >= 0.3 is 0 Å². The Hall–Kier alpha value is -0.450. The first-order valence-corrected chi connectivity index (χ1v) is 7.30. The van der Waals surface area contributed by atoms with E-state index in [-0.39, 0.29) is 11.9 Å². The molecule has 4 heteroatoms. The molecule has 2 saturated heterocycles. The van der Waals surface area contributed by atoms with Gasteiger partial charge in [0.25, 0.3) is 0 Å². The highest BCUT2D eigenvalue weighted by atomic mass is 79.9. The molecule has 0 amide bonds. The number of nitrogens with zero attached hydrogens (tertiary/aromatic N) is 1. The molecule has 0 spiro atoms. The van der Waals surface area contributed by atoms with Gasteiger partial charge in [0, 0.05) is 23.1 Å². The van der Waals surface area contributed by atoms with E-state index in [2.05, 4.69) is 20.8 Å². The molecular weight excluding hydrogens is 297 g/mol. The lowest BCUT2D eigenvalue weighted by atomic mass is 9.99. The molecule has 2 fully saturated rings. The van der Waals surface area contributed by atoms with Crippen molar-refractivity contribution in [3.63, 3.8) is 0 Å². The van der Waals surface area contributed by atoms with Crippen LogP contribution in [0.3, 0.4) is 0 Å².